The summed E-state index contributed by atoms with van der Waals surface area (Å²) in [6.45, 7) is 0. The molecule has 0 fully saturated rings. The van der Waals surface area contributed by atoms with E-state index in [1.165, 1.54) is 6.07 Å². The van der Waals surface area contributed by atoms with Gasteiger partial charge in [0.25, 0.3) is 5.69 Å². The van der Waals surface area contributed by atoms with Gasteiger partial charge in [-0.15, -0.1) is 0 Å². The molecular weight excluding hydrogens is 168 g/mol. The summed E-state index contributed by atoms with van der Waals surface area (Å²) in [7, 11) is 0. The van der Waals surface area contributed by atoms with E-state index in [0.717, 1.165) is 5.39 Å². The number of aromatic nitrogens is 1. The van der Waals surface area contributed by atoms with Crippen molar-refractivity contribution in [3.8, 4) is 0 Å². The Labute approximate surface area is 74.0 Å². The molecule has 0 unspecified atom stereocenters. The number of para-hydroxylation sites is 1. The number of rotatable bonds is 1. The van der Waals surface area contributed by atoms with Gasteiger partial charge in [-0.25, -0.2) is 4.98 Å². The van der Waals surface area contributed by atoms with Crippen molar-refractivity contribution in [2.75, 3.05) is 0 Å². The molecule has 4 heteroatoms. The highest BCUT2D eigenvalue weighted by atomic mass is 16.6. The van der Waals surface area contributed by atoms with Gasteiger partial charge in [-0.1, -0.05) is 18.2 Å². The minimum Gasteiger partial charge on any atom is -0.258 e. The summed E-state index contributed by atoms with van der Waals surface area (Å²) in [6.07, 6.45) is 2.36. The normalized spacial score (nSPS) is 10.2. The van der Waals surface area contributed by atoms with Gasteiger partial charge in [0.15, 0.2) is 6.20 Å². The third-order valence-corrected chi connectivity index (χ3v) is 1.72. The average Bonchev–Trinajstić information content (AvgIpc) is 2.17. The summed E-state index contributed by atoms with van der Waals surface area (Å²) in [6, 6.07) is 8.67. The van der Waals surface area contributed by atoms with Crippen LogP contribution in [0.2, 0.25) is 0 Å². The Morgan fingerprint density at radius 2 is 2.15 bits per heavy atom. The first-order valence-electron chi connectivity index (χ1n) is 3.69. The van der Waals surface area contributed by atoms with Crippen LogP contribution in [0, 0.1) is 16.3 Å². The molecule has 0 aliphatic carbocycles. The molecule has 13 heavy (non-hydrogen) atoms. The van der Waals surface area contributed by atoms with Gasteiger partial charge in [0.05, 0.1) is 10.4 Å². The molecule has 1 aromatic carbocycles. The highest BCUT2D eigenvalue weighted by Gasteiger charge is 2.06. The summed E-state index contributed by atoms with van der Waals surface area (Å²) >= 11 is 0. The molecule has 0 aliphatic heterocycles. The van der Waals surface area contributed by atoms with Crippen LogP contribution < -0.4 is 0 Å². The number of nitrogens with zero attached hydrogens (tertiary/aromatic N) is 2. The first kappa shape index (κ1) is 7.67. The number of nitro groups is 1. The van der Waals surface area contributed by atoms with Gasteiger partial charge in [-0.2, -0.15) is 0 Å². The van der Waals surface area contributed by atoms with E-state index in [1.807, 2.05) is 12.1 Å². The van der Waals surface area contributed by atoms with Crippen molar-refractivity contribution in [1.82, 2.24) is 4.98 Å². The third kappa shape index (κ3) is 1.33. The Kier molecular flexibility index (Phi) is 1.66. The zero-order valence-electron chi connectivity index (χ0n) is 6.60. The Balaban J connectivity index is 2.69. The molecule has 2 aromatic rings. The number of fused-ring (bicyclic) bond motifs is 1. The lowest BCUT2D eigenvalue weighted by molar-refractivity contribution is -0.385. The molecule has 1 aromatic heterocycles. The van der Waals surface area contributed by atoms with E-state index in [4.69, 9.17) is 0 Å². The zero-order chi connectivity index (χ0) is 9.26. The van der Waals surface area contributed by atoms with Crippen molar-refractivity contribution < 1.29 is 4.92 Å². The van der Waals surface area contributed by atoms with E-state index >= 15 is 0 Å². The summed E-state index contributed by atoms with van der Waals surface area (Å²) in [5, 5.41) is 11.1. The largest absolute Gasteiger partial charge is 0.298 e. The summed E-state index contributed by atoms with van der Waals surface area (Å²) in [5.74, 6) is 0. The first-order chi connectivity index (χ1) is 6.27. The van der Waals surface area contributed by atoms with Gasteiger partial charge in [0, 0.05) is 11.5 Å². The first-order valence-corrected chi connectivity index (χ1v) is 3.69. The molecule has 0 atom stereocenters. The number of benzene rings is 1. The number of hydrogen-bond acceptors (Lipinski definition) is 3. The lowest BCUT2D eigenvalue weighted by atomic mass is 10.2. The highest BCUT2D eigenvalue weighted by Crippen LogP contribution is 2.16. The van der Waals surface area contributed by atoms with Crippen molar-refractivity contribution in [2.24, 2.45) is 0 Å². The predicted molar refractivity (Wildman–Crippen MR) is 47.2 cm³/mol. The fourth-order valence-electron chi connectivity index (χ4n) is 1.10. The van der Waals surface area contributed by atoms with Crippen LogP contribution in [0.25, 0.3) is 10.9 Å². The molecular formula is C9H5N2O2. The van der Waals surface area contributed by atoms with Crippen LogP contribution in [0.15, 0.2) is 30.3 Å². The fraction of sp³-hybridized carbons (Fsp3) is 0. The van der Waals surface area contributed by atoms with E-state index in [2.05, 4.69) is 11.2 Å². The average molecular weight is 173 g/mol. The van der Waals surface area contributed by atoms with Crippen LogP contribution >= 0.6 is 0 Å². The molecule has 0 saturated heterocycles. The summed E-state index contributed by atoms with van der Waals surface area (Å²) < 4.78 is 0. The van der Waals surface area contributed by atoms with Crippen LogP contribution in [0.3, 0.4) is 0 Å². The molecule has 0 saturated carbocycles. The lowest BCUT2D eigenvalue weighted by Gasteiger charge is -1.94. The van der Waals surface area contributed by atoms with Crippen molar-refractivity contribution in [1.29, 1.82) is 0 Å². The van der Waals surface area contributed by atoms with Gasteiger partial charge in [-0.3, -0.25) is 10.1 Å². The van der Waals surface area contributed by atoms with E-state index in [9.17, 15) is 10.1 Å². The maximum Gasteiger partial charge on any atom is 0.298 e. The predicted octanol–water partition coefficient (Wildman–Crippen LogP) is 1.94. The Bertz CT molecular complexity index is 468. The van der Waals surface area contributed by atoms with Gasteiger partial charge >= 0.3 is 0 Å². The fourth-order valence-corrected chi connectivity index (χ4v) is 1.10. The van der Waals surface area contributed by atoms with Crippen LogP contribution in [-0.4, -0.2) is 9.91 Å². The van der Waals surface area contributed by atoms with Gasteiger partial charge in [0.1, 0.15) is 0 Å². The molecule has 0 amide bonds. The third-order valence-electron chi connectivity index (χ3n) is 1.72. The molecule has 63 valence electrons. The molecule has 1 heterocycles. The monoisotopic (exact) mass is 173 g/mol. The number of hydrogen-bond donors (Lipinski definition) is 0. The van der Waals surface area contributed by atoms with Gasteiger partial charge < -0.3 is 0 Å². The van der Waals surface area contributed by atoms with Gasteiger partial charge in [-0.05, 0) is 6.07 Å². The highest BCUT2D eigenvalue weighted by molar-refractivity contribution is 5.79. The molecule has 4 nitrogen and oxygen atoms in total. The van der Waals surface area contributed by atoms with E-state index < -0.39 is 4.92 Å². The maximum absolute atomic E-state index is 10.4. The van der Waals surface area contributed by atoms with E-state index in [-0.39, 0.29) is 5.69 Å². The summed E-state index contributed by atoms with van der Waals surface area (Å²) in [5.41, 5.74) is 0.617. The second-order valence-corrected chi connectivity index (χ2v) is 2.57. The van der Waals surface area contributed by atoms with Crippen molar-refractivity contribution in [3.63, 3.8) is 0 Å². The van der Waals surface area contributed by atoms with Crippen molar-refractivity contribution >= 4 is 16.6 Å². The second-order valence-electron chi connectivity index (χ2n) is 2.57. The van der Waals surface area contributed by atoms with Crippen LogP contribution in [0.4, 0.5) is 5.69 Å². The lowest BCUT2D eigenvalue weighted by Crippen LogP contribution is -1.89. The van der Waals surface area contributed by atoms with Crippen LogP contribution in [0.5, 0.6) is 0 Å². The quantitative estimate of drug-likeness (QED) is 0.489. The number of pyridine rings is 1. The summed E-state index contributed by atoms with van der Waals surface area (Å²) in [4.78, 5) is 13.7. The molecule has 0 spiro atoms. The van der Waals surface area contributed by atoms with Crippen molar-refractivity contribution in [3.05, 3.63) is 46.6 Å². The Hall–Kier alpha value is -1.97. The smallest absolute Gasteiger partial charge is 0.258 e. The van der Waals surface area contributed by atoms with Gasteiger partial charge in [0.2, 0.25) is 0 Å². The topological polar surface area (TPSA) is 56.0 Å². The minimum atomic E-state index is -0.501. The van der Waals surface area contributed by atoms with E-state index in [0.29, 0.717) is 5.52 Å². The standard InChI is InChI=1S/C9H5N2O2/c12-11(13)8-5-7-3-1-2-4-9(7)10-6-8/h1-5H. The Morgan fingerprint density at radius 1 is 1.38 bits per heavy atom. The molecule has 1 radical (unpaired) electrons. The molecule has 0 bridgehead atoms. The van der Waals surface area contributed by atoms with Crippen molar-refractivity contribution in [2.45, 2.75) is 0 Å². The zero-order valence-corrected chi connectivity index (χ0v) is 6.60. The molecule has 0 N–H and O–H groups in total. The van der Waals surface area contributed by atoms with E-state index in [1.54, 1.807) is 12.1 Å². The molecule has 2 rings (SSSR count). The maximum atomic E-state index is 10.4. The van der Waals surface area contributed by atoms with Crippen LogP contribution in [0.1, 0.15) is 0 Å². The van der Waals surface area contributed by atoms with Crippen LogP contribution in [-0.2, 0) is 0 Å². The second kappa shape index (κ2) is 2.82. The SMILES string of the molecule is O=[N+]([O-])c1[c]nc2ccccc2c1. The molecule has 0 aliphatic rings. The minimum absolute atomic E-state index is 0.0984. The Morgan fingerprint density at radius 3 is 2.92 bits per heavy atom.